The highest BCUT2D eigenvalue weighted by atomic mass is 32.2. The third kappa shape index (κ3) is 5.98. The molecule has 0 bridgehead atoms. The van der Waals surface area contributed by atoms with E-state index in [0.29, 0.717) is 5.92 Å². The molecule has 0 saturated heterocycles. The molecule has 19 heavy (non-hydrogen) atoms. The van der Waals surface area contributed by atoms with Crippen LogP contribution in [0.1, 0.15) is 52.1 Å². The lowest BCUT2D eigenvalue weighted by atomic mass is 9.90. The quantitative estimate of drug-likeness (QED) is 0.422. The Labute approximate surface area is 122 Å². The van der Waals surface area contributed by atoms with Crippen LogP contribution >= 0.6 is 11.8 Å². The molecule has 1 aromatic carbocycles. The van der Waals surface area contributed by atoms with Crippen molar-refractivity contribution in [2.45, 2.75) is 51.5 Å². The highest BCUT2D eigenvalue weighted by molar-refractivity contribution is 7.99. The van der Waals surface area contributed by atoms with Crippen LogP contribution in [0.15, 0.2) is 29.2 Å². The highest BCUT2D eigenvalue weighted by Gasteiger charge is 2.15. The predicted octanol–water partition coefficient (Wildman–Crippen LogP) is 4.38. The van der Waals surface area contributed by atoms with E-state index in [1.165, 1.54) is 16.9 Å². The van der Waals surface area contributed by atoms with Gasteiger partial charge in [0, 0.05) is 10.9 Å². The summed E-state index contributed by atoms with van der Waals surface area (Å²) in [5.41, 5.74) is 4.26. The fourth-order valence-corrected chi connectivity index (χ4v) is 3.23. The van der Waals surface area contributed by atoms with E-state index in [0.717, 1.165) is 18.1 Å². The summed E-state index contributed by atoms with van der Waals surface area (Å²) in [6.07, 6.45) is 2.34. The van der Waals surface area contributed by atoms with Gasteiger partial charge in [0.1, 0.15) is 0 Å². The summed E-state index contributed by atoms with van der Waals surface area (Å²) in [6.45, 7) is 9.04. The van der Waals surface area contributed by atoms with Crippen LogP contribution in [-0.4, -0.2) is 5.75 Å². The molecule has 0 aromatic heterocycles. The minimum absolute atomic E-state index is 0.259. The average Bonchev–Trinajstić information content (AvgIpc) is 2.36. The molecule has 0 aliphatic carbocycles. The van der Waals surface area contributed by atoms with E-state index in [9.17, 15) is 0 Å². The fourth-order valence-electron chi connectivity index (χ4n) is 2.57. The predicted molar refractivity (Wildman–Crippen MR) is 86.1 cm³/mol. The van der Waals surface area contributed by atoms with E-state index >= 15 is 0 Å². The second-order valence-corrected chi connectivity index (χ2v) is 7.03. The SMILES string of the molecule is CCSc1ccc(C(CC(C)CC(C)C)NN)cc1. The van der Waals surface area contributed by atoms with E-state index in [2.05, 4.69) is 57.4 Å². The number of thioether (sulfide) groups is 1. The fraction of sp³-hybridized carbons (Fsp3) is 0.625. The normalized spacial score (nSPS) is 14.6. The first-order chi connectivity index (χ1) is 9.06. The molecule has 0 spiro atoms. The van der Waals surface area contributed by atoms with Gasteiger partial charge in [-0.25, -0.2) is 0 Å². The van der Waals surface area contributed by atoms with E-state index in [-0.39, 0.29) is 6.04 Å². The molecule has 3 N–H and O–H groups in total. The molecule has 2 unspecified atom stereocenters. The van der Waals surface area contributed by atoms with Crippen LogP contribution < -0.4 is 11.3 Å². The Morgan fingerprint density at radius 1 is 1.11 bits per heavy atom. The molecule has 0 aliphatic heterocycles. The lowest BCUT2D eigenvalue weighted by Crippen LogP contribution is -2.29. The van der Waals surface area contributed by atoms with Crippen LogP contribution in [-0.2, 0) is 0 Å². The molecule has 1 aromatic rings. The molecule has 0 heterocycles. The maximum atomic E-state index is 5.73. The summed E-state index contributed by atoms with van der Waals surface area (Å²) >= 11 is 1.87. The standard InChI is InChI=1S/C16H28N2S/c1-5-19-15-8-6-14(7-9-15)16(18-17)11-13(4)10-12(2)3/h6-9,12-13,16,18H,5,10-11,17H2,1-4H3. The average molecular weight is 280 g/mol. The zero-order chi connectivity index (χ0) is 14.3. The molecule has 0 saturated carbocycles. The molecule has 108 valence electrons. The molecule has 2 nitrogen and oxygen atoms in total. The van der Waals surface area contributed by atoms with Gasteiger partial charge in [-0.1, -0.05) is 39.8 Å². The molecule has 3 heteroatoms. The lowest BCUT2D eigenvalue weighted by molar-refractivity contribution is 0.358. The van der Waals surface area contributed by atoms with Gasteiger partial charge < -0.3 is 0 Å². The first-order valence-corrected chi connectivity index (χ1v) is 8.24. The Hall–Kier alpha value is -0.510. The first-order valence-electron chi connectivity index (χ1n) is 7.25. The van der Waals surface area contributed by atoms with Crippen LogP contribution in [0.5, 0.6) is 0 Å². The second-order valence-electron chi connectivity index (χ2n) is 5.69. The van der Waals surface area contributed by atoms with Crippen LogP contribution in [0.25, 0.3) is 0 Å². The molecular weight excluding hydrogens is 252 g/mol. The molecule has 2 atom stereocenters. The van der Waals surface area contributed by atoms with Crippen molar-refractivity contribution in [2.24, 2.45) is 17.7 Å². The van der Waals surface area contributed by atoms with Gasteiger partial charge in [0.25, 0.3) is 0 Å². The van der Waals surface area contributed by atoms with Gasteiger partial charge >= 0.3 is 0 Å². The summed E-state index contributed by atoms with van der Waals surface area (Å²) in [6, 6.07) is 9.05. The number of nitrogens with one attached hydrogen (secondary N) is 1. The van der Waals surface area contributed by atoms with Gasteiger partial charge in [0.15, 0.2) is 0 Å². The van der Waals surface area contributed by atoms with Gasteiger partial charge in [-0.2, -0.15) is 0 Å². The Morgan fingerprint density at radius 3 is 2.21 bits per heavy atom. The number of nitrogens with two attached hydrogens (primary N) is 1. The Kier molecular flexibility index (Phi) is 7.51. The molecule has 0 radical (unpaired) electrons. The third-order valence-corrected chi connectivity index (χ3v) is 4.20. The largest absolute Gasteiger partial charge is 0.271 e. The van der Waals surface area contributed by atoms with E-state index in [1.807, 2.05) is 11.8 Å². The summed E-state index contributed by atoms with van der Waals surface area (Å²) in [5.74, 6) is 8.27. The Balaban J connectivity index is 2.63. The zero-order valence-electron chi connectivity index (χ0n) is 12.6. The summed E-state index contributed by atoms with van der Waals surface area (Å²) in [7, 11) is 0. The van der Waals surface area contributed by atoms with Gasteiger partial charge in [0.2, 0.25) is 0 Å². The van der Waals surface area contributed by atoms with Crippen molar-refractivity contribution in [2.75, 3.05) is 5.75 Å². The monoisotopic (exact) mass is 280 g/mol. The van der Waals surface area contributed by atoms with Gasteiger partial charge in [-0.3, -0.25) is 11.3 Å². The summed E-state index contributed by atoms with van der Waals surface area (Å²) in [4.78, 5) is 1.33. The molecule has 1 rings (SSSR count). The molecular formula is C16H28N2S. The van der Waals surface area contributed by atoms with Gasteiger partial charge in [-0.05, 0) is 48.1 Å². The van der Waals surface area contributed by atoms with E-state index < -0.39 is 0 Å². The second kappa shape index (κ2) is 8.62. The summed E-state index contributed by atoms with van der Waals surface area (Å²) in [5, 5.41) is 0. The maximum Gasteiger partial charge on any atom is 0.0462 e. The minimum atomic E-state index is 0.259. The lowest BCUT2D eigenvalue weighted by Gasteiger charge is -2.22. The number of hydrazine groups is 1. The van der Waals surface area contributed by atoms with Crippen molar-refractivity contribution in [1.29, 1.82) is 0 Å². The number of rotatable bonds is 8. The van der Waals surface area contributed by atoms with Crippen molar-refractivity contribution in [3.8, 4) is 0 Å². The number of benzene rings is 1. The van der Waals surface area contributed by atoms with Gasteiger partial charge in [-0.15, -0.1) is 11.8 Å². The number of hydrogen-bond donors (Lipinski definition) is 2. The number of hydrogen-bond acceptors (Lipinski definition) is 3. The molecule has 0 aliphatic rings. The van der Waals surface area contributed by atoms with Crippen LogP contribution in [0.2, 0.25) is 0 Å². The van der Waals surface area contributed by atoms with E-state index in [1.54, 1.807) is 0 Å². The third-order valence-electron chi connectivity index (χ3n) is 3.31. The van der Waals surface area contributed by atoms with E-state index in [4.69, 9.17) is 5.84 Å². The summed E-state index contributed by atoms with van der Waals surface area (Å²) < 4.78 is 0. The van der Waals surface area contributed by atoms with Crippen molar-refractivity contribution >= 4 is 11.8 Å². The molecule has 0 amide bonds. The maximum absolute atomic E-state index is 5.73. The topological polar surface area (TPSA) is 38.0 Å². The Bertz CT molecular complexity index is 348. The van der Waals surface area contributed by atoms with Crippen molar-refractivity contribution in [1.82, 2.24) is 5.43 Å². The smallest absolute Gasteiger partial charge is 0.0462 e. The van der Waals surface area contributed by atoms with Crippen LogP contribution in [0.3, 0.4) is 0 Å². The Morgan fingerprint density at radius 2 is 1.74 bits per heavy atom. The van der Waals surface area contributed by atoms with Crippen LogP contribution in [0, 0.1) is 11.8 Å². The molecule has 0 fully saturated rings. The minimum Gasteiger partial charge on any atom is -0.271 e. The zero-order valence-corrected chi connectivity index (χ0v) is 13.5. The van der Waals surface area contributed by atoms with Crippen molar-refractivity contribution < 1.29 is 0 Å². The van der Waals surface area contributed by atoms with Gasteiger partial charge in [0.05, 0.1) is 0 Å². The first kappa shape index (κ1) is 16.5. The van der Waals surface area contributed by atoms with Crippen LogP contribution in [0.4, 0.5) is 0 Å². The van der Waals surface area contributed by atoms with Crippen molar-refractivity contribution in [3.05, 3.63) is 29.8 Å². The highest BCUT2D eigenvalue weighted by Crippen LogP contribution is 2.26. The van der Waals surface area contributed by atoms with Crippen molar-refractivity contribution in [3.63, 3.8) is 0 Å².